The van der Waals surface area contributed by atoms with Gasteiger partial charge < -0.3 is 38.4 Å². The van der Waals surface area contributed by atoms with Crippen LogP contribution in [0.4, 0.5) is 0 Å². The molecule has 0 saturated carbocycles. The molecule has 0 radical (unpaired) electrons. The highest BCUT2D eigenvalue weighted by Crippen LogP contribution is 2.27. The van der Waals surface area contributed by atoms with Gasteiger partial charge in [0.15, 0.2) is 17.4 Å². The summed E-state index contributed by atoms with van der Waals surface area (Å²) in [6.07, 6.45) is 2.14. The zero-order chi connectivity index (χ0) is 42.4. The summed E-state index contributed by atoms with van der Waals surface area (Å²) in [5.74, 6) is 1.27. The lowest BCUT2D eigenvalue weighted by atomic mass is 10.1. The third-order valence-electron chi connectivity index (χ3n) is 8.40. The molecule has 0 aromatic heterocycles. The van der Waals surface area contributed by atoms with E-state index in [2.05, 4.69) is 4.84 Å². The lowest BCUT2D eigenvalue weighted by Gasteiger charge is -2.18. The maximum atomic E-state index is 12.1. The quantitative estimate of drug-likeness (QED) is 0.129. The van der Waals surface area contributed by atoms with Crippen molar-refractivity contribution in [2.45, 2.75) is 96.5 Å². The summed E-state index contributed by atoms with van der Waals surface area (Å²) in [5, 5.41) is 18.6. The number of fused-ring (bicyclic) bond motifs is 2. The van der Waals surface area contributed by atoms with Crippen LogP contribution in [0, 0.1) is 0 Å². The van der Waals surface area contributed by atoms with E-state index >= 15 is 0 Å². The van der Waals surface area contributed by atoms with Crippen LogP contribution in [-0.2, 0) is 38.1 Å². The molecule has 7 rings (SSSR count). The Kier molecular flexibility index (Phi) is 26.2. The second kappa shape index (κ2) is 27.2. The number of imide groups is 2. The summed E-state index contributed by atoms with van der Waals surface area (Å²) in [6, 6.07) is 13.0. The molecule has 17 nitrogen and oxygen atoms in total. The lowest BCUT2D eigenvalue weighted by Crippen LogP contribution is -2.31. The number of nitrogens with two attached hydrogens (primary N) is 1. The van der Waals surface area contributed by atoms with Gasteiger partial charge >= 0.3 is 0 Å². The van der Waals surface area contributed by atoms with Gasteiger partial charge in [-0.05, 0) is 72.2 Å². The first kappa shape index (κ1) is 57.9. The van der Waals surface area contributed by atoms with Gasteiger partial charge in [-0.2, -0.15) is 40.5 Å². The second-order valence-corrected chi connectivity index (χ2v) is 15.0. The standard InChI is InChI=1S/C15H17NO5.C8H5NO3.C7H15NO3.C7H14O3.CH2Cl2.3H2S/c1-15(2)19-9-10(21-15)7-8-20-16-13(17)11-5-3-4-6-12(11)14(16)18;10-7-5-3-1-2-4-6(5)8(11)9(7)12;1-7(2)9-5-6(11-7)3-4-10-8;1-7(2)9-5-6(10-7)3-4-8;2-1-3;;;/h3-6,10H,7-9H2,1-2H3;1-4,12H;6H,3-5,8H2,1-2H3;6,8H,3-5H2,1-2H3;1H2;3*1H2/t10-;;2*6-;;;;/m0.00..../s1. The van der Waals surface area contributed by atoms with E-state index in [0.717, 1.165) is 11.5 Å². The first-order valence-electron chi connectivity index (χ1n) is 18.2. The Morgan fingerprint density at radius 3 is 1.25 bits per heavy atom. The number of hydrogen-bond acceptors (Lipinski definition) is 15. The monoisotopic (exact) mass is 947 g/mol. The summed E-state index contributed by atoms with van der Waals surface area (Å²) in [7, 11) is 0. The average Bonchev–Trinajstić information content (AvgIpc) is 3.93. The highest BCUT2D eigenvalue weighted by Gasteiger charge is 2.38. The molecular formula is C38H59Cl2N3O14S3. The molecule has 60 heavy (non-hydrogen) atoms. The van der Waals surface area contributed by atoms with E-state index in [1.165, 1.54) is 12.1 Å². The number of carbonyl (C=O) groups excluding carboxylic acids is 4. The number of aliphatic hydroxyl groups is 1. The number of carbonyl (C=O) groups is 4. The number of hydrogen-bond donors (Lipinski definition) is 3. The van der Waals surface area contributed by atoms with Crippen molar-refractivity contribution in [2.24, 2.45) is 5.90 Å². The number of alkyl halides is 2. The lowest BCUT2D eigenvalue weighted by molar-refractivity contribution is -0.145. The third-order valence-corrected chi connectivity index (χ3v) is 8.40. The van der Waals surface area contributed by atoms with Crippen LogP contribution < -0.4 is 5.90 Å². The van der Waals surface area contributed by atoms with Gasteiger partial charge in [-0.3, -0.25) is 29.2 Å². The molecule has 5 aliphatic heterocycles. The molecule has 0 spiro atoms. The summed E-state index contributed by atoms with van der Waals surface area (Å²) < 4.78 is 32.6. The number of aliphatic hydroxyl groups excluding tert-OH is 1. The minimum absolute atomic E-state index is 0. The molecule has 5 aliphatic rings. The van der Waals surface area contributed by atoms with Crippen LogP contribution in [0.25, 0.3) is 0 Å². The molecule has 4 amide bonds. The van der Waals surface area contributed by atoms with Gasteiger partial charge in [-0.15, -0.1) is 33.3 Å². The van der Waals surface area contributed by atoms with Crippen LogP contribution in [-0.4, -0.2) is 125 Å². The zero-order valence-corrected chi connectivity index (χ0v) is 39.0. The highest BCUT2D eigenvalue weighted by molar-refractivity contribution is 7.59. The van der Waals surface area contributed by atoms with Crippen LogP contribution >= 0.6 is 63.7 Å². The summed E-state index contributed by atoms with van der Waals surface area (Å²) in [5.41, 5.74) is 1.27. The van der Waals surface area contributed by atoms with E-state index in [-0.39, 0.29) is 93.5 Å². The van der Waals surface area contributed by atoms with E-state index in [9.17, 15) is 19.2 Å². The minimum Gasteiger partial charge on any atom is -0.396 e. The number of rotatable bonds is 9. The molecule has 22 heteroatoms. The van der Waals surface area contributed by atoms with Crippen LogP contribution in [0.5, 0.6) is 0 Å². The van der Waals surface area contributed by atoms with E-state index in [0.29, 0.717) is 50.4 Å². The van der Waals surface area contributed by atoms with E-state index in [1.807, 2.05) is 41.5 Å². The highest BCUT2D eigenvalue weighted by atomic mass is 35.5. The molecule has 3 fully saturated rings. The summed E-state index contributed by atoms with van der Waals surface area (Å²) in [4.78, 5) is 56.0. The fourth-order valence-electron chi connectivity index (χ4n) is 5.80. The average molecular weight is 949 g/mol. The summed E-state index contributed by atoms with van der Waals surface area (Å²) >= 11 is 9.53. The van der Waals surface area contributed by atoms with Crippen molar-refractivity contribution in [1.29, 1.82) is 0 Å². The predicted molar refractivity (Wildman–Crippen MR) is 235 cm³/mol. The van der Waals surface area contributed by atoms with Crippen LogP contribution in [0.2, 0.25) is 0 Å². The van der Waals surface area contributed by atoms with E-state index < -0.39 is 41.0 Å². The second-order valence-electron chi connectivity index (χ2n) is 14.2. The Hall–Kier alpha value is -2.09. The van der Waals surface area contributed by atoms with Gasteiger partial charge in [0.1, 0.15) is 0 Å². The molecular weight excluding hydrogens is 890 g/mol. The number of nitrogens with zero attached hydrogens (tertiary/aromatic N) is 2. The smallest absolute Gasteiger partial charge is 0.285 e. The van der Waals surface area contributed by atoms with Crippen LogP contribution in [0.15, 0.2) is 48.5 Å². The third kappa shape index (κ3) is 17.6. The summed E-state index contributed by atoms with van der Waals surface area (Å²) in [6.45, 7) is 13.9. The van der Waals surface area contributed by atoms with Crippen molar-refractivity contribution in [1.82, 2.24) is 10.1 Å². The normalized spacial score (nSPS) is 22.1. The Bertz CT molecular complexity index is 1590. The number of amides is 4. The molecule has 4 N–H and O–H groups in total. The molecule has 342 valence electrons. The van der Waals surface area contributed by atoms with Gasteiger partial charge in [0.05, 0.1) is 78.9 Å². The molecule has 0 aliphatic carbocycles. The van der Waals surface area contributed by atoms with Crippen molar-refractivity contribution in [3.05, 3.63) is 70.8 Å². The van der Waals surface area contributed by atoms with E-state index in [1.54, 1.807) is 36.4 Å². The topological polar surface area (TPSA) is 215 Å². The van der Waals surface area contributed by atoms with Crippen molar-refractivity contribution in [2.75, 3.05) is 45.0 Å². The predicted octanol–water partition coefficient (Wildman–Crippen LogP) is 5.13. The molecule has 5 heterocycles. The van der Waals surface area contributed by atoms with Crippen molar-refractivity contribution >= 4 is 87.3 Å². The van der Waals surface area contributed by atoms with Gasteiger partial charge in [-0.25, -0.2) is 5.90 Å². The minimum atomic E-state index is -0.657. The zero-order valence-electron chi connectivity index (χ0n) is 34.4. The fraction of sp³-hybridized carbons (Fsp3) is 0.579. The Morgan fingerprint density at radius 1 is 0.633 bits per heavy atom. The van der Waals surface area contributed by atoms with Crippen molar-refractivity contribution in [3.63, 3.8) is 0 Å². The van der Waals surface area contributed by atoms with Gasteiger partial charge in [-0.1, -0.05) is 24.3 Å². The Balaban J connectivity index is 0.000000779. The van der Waals surface area contributed by atoms with Crippen molar-refractivity contribution in [3.8, 4) is 0 Å². The van der Waals surface area contributed by atoms with Gasteiger partial charge in [0.25, 0.3) is 23.6 Å². The van der Waals surface area contributed by atoms with E-state index in [4.69, 9.17) is 72.7 Å². The SMILES string of the molecule is CC1(C)OC[C@H](CCO)O1.CC1(C)OC[C@H](CCON)O1.CC1(C)OC[C@H](CCON2C(=O)c3ccccc3C2=O)O1.ClCCl.O=C1c2ccccc2C(=O)N1O.S.S.S. The molecule has 3 saturated heterocycles. The number of benzene rings is 2. The fourth-order valence-corrected chi connectivity index (χ4v) is 5.80. The van der Waals surface area contributed by atoms with Gasteiger partial charge in [0.2, 0.25) is 0 Å². The maximum absolute atomic E-state index is 12.1. The van der Waals surface area contributed by atoms with Crippen LogP contribution in [0.1, 0.15) is 102 Å². The van der Waals surface area contributed by atoms with Crippen molar-refractivity contribution < 1.29 is 67.6 Å². The molecule has 0 unspecified atom stereocenters. The molecule has 2 aromatic carbocycles. The number of hydroxylamine groups is 4. The molecule has 0 bridgehead atoms. The van der Waals surface area contributed by atoms with Crippen LogP contribution in [0.3, 0.4) is 0 Å². The van der Waals surface area contributed by atoms with Gasteiger partial charge in [0, 0.05) is 19.4 Å². The maximum Gasteiger partial charge on any atom is 0.285 e. The molecule has 3 atom stereocenters. The first-order valence-corrected chi connectivity index (χ1v) is 19.2. The largest absolute Gasteiger partial charge is 0.396 e. The Morgan fingerprint density at radius 2 is 0.950 bits per heavy atom. The molecule has 2 aromatic rings. The first-order chi connectivity index (χ1) is 26.9. The Labute approximate surface area is 381 Å². The number of ether oxygens (including phenoxy) is 6. The number of halogens is 2.